The van der Waals surface area contributed by atoms with E-state index in [4.69, 9.17) is 0 Å². The van der Waals surface area contributed by atoms with Crippen molar-refractivity contribution in [2.75, 3.05) is 6.54 Å². The van der Waals surface area contributed by atoms with E-state index in [-0.39, 0.29) is 0 Å². The van der Waals surface area contributed by atoms with E-state index in [0.717, 1.165) is 13.1 Å². The summed E-state index contributed by atoms with van der Waals surface area (Å²) in [6, 6.07) is 28.3. The van der Waals surface area contributed by atoms with E-state index in [9.17, 15) is 0 Å². The van der Waals surface area contributed by atoms with E-state index < -0.39 is 0 Å². The molecule has 3 aromatic carbocycles. The van der Waals surface area contributed by atoms with Gasteiger partial charge in [0.2, 0.25) is 0 Å². The molecule has 1 heterocycles. The van der Waals surface area contributed by atoms with Gasteiger partial charge in [-0.1, -0.05) is 66.7 Å². The summed E-state index contributed by atoms with van der Waals surface area (Å²) in [5.41, 5.74) is 3.95. The summed E-state index contributed by atoms with van der Waals surface area (Å²) in [5.74, 6) is 0. The normalized spacial score (nSPS) is 12.7. The molecule has 0 amide bonds. The smallest absolute Gasteiger partial charge is 0.0494 e. The molecule has 0 fully saturated rings. The van der Waals surface area contributed by atoms with Crippen LogP contribution < -0.4 is 5.32 Å². The summed E-state index contributed by atoms with van der Waals surface area (Å²) in [7, 11) is 0. The van der Waals surface area contributed by atoms with Gasteiger partial charge in [-0.3, -0.25) is 0 Å². The molecule has 2 heteroatoms. The van der Waals surface area contributed by atoms with Crippen LogP contribution in [0.15, 0.2) is 78.9 Å². The summed E-state index contributed by atoms with van der Waals surface area (Å²) >= 11 is 0. The van der Waals surface area contributed by atoms with Gasteiger partial charge in [0.15, 0.2) is 0 Å². The molecule has 0 spiro atoms. The Morgan fingerprint density at radius 1 is 0.750 bits per heavy atom. The molecule has 4 rings (SSSR count). The van der Waals surface area contributed by atoms with E-state index in [0.29, 0.717) is 6.04 Å². The van der Waals surface area contributed by atoms with Crippen LogP contribution in [0.2, 0.25) is 0 Å². The Balaban J connectivity index is 1.62. The second-order valence-corrected chi connectivity index (χ2v) is 6.37. The van der Waals surface area contributed by atoms with Crippen LogP contribution in [0.25, 0.3) is 21.8 Å². The largest absolute Gasteiger partial charge is 0.336 e. The average molecular weight is 314 g/mol. The maximum absolute atomic E-state index is 3.60. The van der Waals surface area contributed by atoms with Crippen molar-refractivity contribution in [1.82, 2.24) is 9.88 Å². The number of nitrogens with one attached hydrogen (secondary N) is 1. The number of hydrogen-bond donors (Lipinski definition) is 1. The minimum absolute atomic E-state index is 0.388. The fraction of sp³-hybridized carbons (Fsp3) is 0.182. The SMILES string of the molecule is CC(CNCc1ccccc1)n1c2ccccc2c2ccccc21. The highest BCUT2D eigenvalue weighted by atomic mass is 15.0. The van der Waals surface area contributed by atoms with Crippen molar-refractivity contribution in [2.24, 2.45) is 0 Å². The molecule has 0 aliphatic heterocycles. The van der Waals surface area contributed by atoms with Gasteiger partial charge in [-0.15, -0.1) is 0 Å². The quantitative estimate of drug-likeness (QED) is 0.539. The summed E-state index contributed by atoms with van der Waals surface area (Å²) in [6.07, 6.45) is 0. The van der Waals surface area contributed by atoms with Crippen LogP contribution >= 0.6 is 0 Å². The fourth-order valence-corrected chi connectivity index (χ4v) is 3.54. The third-order valence-corrected chi connectivity index (χ3v) is 4.67. The summed E-state index contributed by atoms with van der Waals surface area (Å²) in [6.45, 7) is 4.14. The van der Waals surface area contributed by atoms with Gasteiger partial charge in [-0.25, -0.2) is 0 Å². The average Bonchev–Trinajstić information content (AvgIpc) is 2.97. The maximum atomic E-state index is 3.60. The Bertz CT molecular complexity index is 900. The first kappa shape index (κ1) is 15.0. The molecular formula is C22H22N2. The Morgan fingerprint density at radius 3 is 1.92 bits per heavy atom. The number of benzene rings is 3. The summed E-state index contributed by atoms with van der Waals surface area (Å²) < 4.78 is 2.46. The third-order valence-electron chi connectivity index (χ3n) is 4.67. The third kappa shape index (κ3) is 2.70. The molecule has 0 saturated heterocycles. The minimum Gasteiger partial charge on any atom is -0.336 e. The first-order chi connectivity index (χ1) is 11.8. The lowest BCUT2D eigenvalue weighted by atomic mass is 10.2. The van der Waals surface area contributed by atoms with Gasteiger partial charge in [0, 0.05) is 40.9 Å². The van der Waals surface area contributed by atoms with E-state index in [1.807, 2.05) is 0 Å². The van der Waals surface area contributed by atoms with E-state index in [1.54, 1.807) is 0 Å². The van der Waals surface area contributed by atoms with E-state index in [2.05, 4.69) is 95.7 Å². The zero-order valence-electron chi connectivity index (χ0n) is 13.9. The van der Waals surface area contributed by atoms with Crippen LogP contribution in [0, 0.1) is 0 Å². The van der Waals surface area contributed by atoms with Gasteiger partial charge in [-0.2, -0.15) is 0 Å². The number of fused-ring (bicyclic) bond motifs is 3. The molecule has 4 aromatic rings. The predicted molar refractivity (Wildman–Crippen MR) is 102 cm³/mol. The number of rotatable bonds is 5. The predicted octanol–water partition coefficient (Wildman–Crippen LogP) is 5.15. The van der Waals surface area contributed by atoms with Crippen molar-refractivity contribution in [3.8, 4) is 0 Å². The molecule has 1 atom stereocenters. The zero-order chi connectivity index (χ0) is 16.4. The number of hydrogen-bond acceptors (Lipinski definition) is 1. The Kier molecular flexibility index (Phi) is 4.06. The molecule has 0 radical (unpaired) electrons. The Morgan fingerprint density at radius 2 is 1.29 bits per heavy atom. The van der Waals surface area contributed by atoms with E-state index >= 15 is 0 Å². The van der Waals surface area contributed by atoms with E-state index in [1.165, 1.54) is 27.4 Å². The first-order valence-electron chi connectivity index (χ1n) is 8.57. The first-order valence-corrected chi connectivity index (χ1v) is 8.57. The van der Waals surface area contributed by atoms with Gasteiger partial charge in [-0.05, 0) is 24.6 Å². The molecule has 120 valence electrons. The van der Waals surface area contributed by atoms with Crippen LogP contribution in [0.4, 0.5) is 0 Å². The van der Waals surface area contributed by atoms with Crippen molar-refractivity contribution in [2.45, 2.75) is 19.5 Å². The van der Waals surface area contributed by atoms with Crippen LogP contribution in [0.5, 0.6) is 0 Å². The summed E-state index contributed by atoms with van der Waals surface area (Å²) in [4.78, 5) is 0. The minimum atomic E-state index is 0.388. The molecule has 0 saturated carbocycles. The Labute approximate surface area is 142 Å². The highest BCUT2D eigenvalue weighted by molar-refractivity contribution is 6.08. The molecule has 1 N–H and O–H groups in total. The molecule has 1 unspecified atom stereocenters. The van der Waals surface area contributed by atoms with Gasteiger partial charge in [0.25, 0.3) is 0 Å². The van der Waals surface area contributed by atoms with Crippen LogP contribution in [-0.2, 0) is 6.54 Å². The molecule has 0 aliphatic rings. The van der Waals surface area contributed by atoms with Crippen LogP contribution in [-0.4, -0.2) is 11.1 Å². The topological polar surface area (TPSA) is 17.0 Å². The standard InChI is InChI=1S/C22H22N2/c1-17(15-23-16-18-9-3-2-4-10-18)24-21-13-7-5-11-19(21)20-12-6-8-14-22(20)24/h2-14,17,23H,15-16H2,1H3. The number of aromatic nitrogens is 1. The van der Waals surface area contributed by atoms with Crippen molar-refractivity contribution >= 4 is 21.8 Å². The van der Waals surface area contributed by atoms with Crippen molar-refractivity contribution in [1.29, 1.82) is 0 Å². The lowest BCUT2D eigenvalue weighted by Gasteiger charge is -2.18. The van der Waals surface area contributed by atoms with Gasteiger partial charge in [0.05, 0.1) is 0 Å². The van der Waals surface area contributed by atoms with Gasteiger partial charge < -0.3 is 9.88 Å². The maximum Gasteiger partial charge on any atom is 0.0494 e. The number of nitrogens with zero attached hydrogens (tertiary/aromatic N) is 1. The second-order valence-electron chi connectivity index (χ2n) is 6.37. The molecule has 0 bridgehead atoms. The zero-order valence-corrected chi connectivity index (χ0v) is 13.9. The fourth-order valence-electron chi connectivity index (χ4n) is 3.54. The lowest BCUT2D eigenvalue weighted by molar-refractivity contribution is 0.516. The van der Waals surface area contributed by atoms with Gasteiger partial charge in [0.1, 0.15) is 0 Å². The highest BCUT2D eigenvalue weighted by Gasteiger charge is 2.14. The van der Waals surface area contributed by atoms with Crippen molar-refractivity contribution < 1.29 is 0 Å². The lowest BCUT2D eigenvalue weighted by Crippen LogP contribution is -2.23. The van der Waals surface area contributed by atoms with Crippen molar-refractivity contribution in [3.63, 3.8) is 0 Å². The summed E-state index contributed by atoms with van der Waals surface area (Å²) in [5, 5.41) is 6.27. The number of para-hydroxylation sites is 2. The second kappa shape index (κ2) is 6.50. The van der Waals surface area contributed by atoms with Crippen LogP contribution in [0.1, 0.15) is 18.5 Å². The molecule has 1 aromatic heterocycles. The molecule has 0 aliphatic carbocycles. The van der Waals surface area contributed by atoms with Crippen LogP contribution in [0.3, 0.4) is 0 Å². The molecule has 24 heavy (non-hydrogen) atoms. The van der Waals surface area contributed by atoms with Crippen molar-refractivity contribution in [3.05, 3.63) is 84.4 Å². The molecule has 2 nitrogen and oxygen atoms in total. The van der Waals surface area contributed by atoms with Gasteiger partial charge >= 0.3 is 0 Å². The highest BCUT2D eigenvalue weighted by Crippen LogP contribution is 2.31. The molecular weight excluding hydrogens is 292 g/mol. The Hall–Kier alpha value is -2.58. The monoisotopic (exact) mass is 314 g/mol.